The molecule has 420 valence electrons. The molecule has 0 fully saturated rings. The fourth-order valence-corrected chi connectivity index (χ4v) is 8.10. The molecule has 0 saturated carbocycles. The number of esters is 1. The number of hydrogen-bond donors (Lipinski definition) is 2. The Morgan fingerprint density at radius 1 is 0.486 bits per heavy atom. The summed E-state index contributed by atoms with van der Waals surface area (Å²) in [7, 11) is 1.40. The average molecular weight is 1050 g/mol. The van der Waals surface area contributed by atoms with E-state index in [2.05, 4.69) is 135 Å². The van der Waals surface area contributed by atoms with Gasteiger partial charge in [0.15, 0.2) is 0 Å². The van der Waals surface area contributed by atoms with Crippen molar-refractivity contribution in [3.05, 3.63) is 134 Å². The van der Waals surface area contributed by atoms with Crippen molar-refractivity contribution in [1.29, 1.82) is 0 Å². The van der Waals surface area contributed by atoms with E-state index in [1.165, 1.54) is 77.0 Å². The number of nitrogens with zero attached hydrogens (tertiary/aromatic N) is 1. The number of carbonyl (C=O) groups is 2. The number of rotatable bonds is 50. The lowest BCUT2D eigenvalue weighted by Crippen LogP contribution is -2.47. The van der Waals surface area contributed by atoms with E-state index in [4.69, 9.17) is 13.8 Å². The van der Waals surface area contributed by atoms with Crippen LogP contribution in [0.2, 0.25) is 0 Å². The molecule has 0 spiro atoms. The summed E-state index contributed by atoms with van der Waals surface area (Å²) in [6, 6.07) is -0.920. The standard InChI is InChI=1S/C64H107N2O7P/c1-7-10-13-16-19-22-25-28-30-32-33-35-36-38-41-44-47-50-53-56-63(67)65-61(60-72-74(69,70)71-59-58-66(4,5)6)62(55-52-49-46-43-40-27-24-21-18-15-12-9-3)73-64(68)57-54-51-48-45-42-39-37-34-31-29-26-23-20-17-14-11-8-2/h10,13,19-20,22-23,28-31,33,35,37-39,41,45,47-48,50,52,55,61-62H,7-9,11-12,14-18,21,24-27,32,34,36,40,42-44,46,49,51,53-54,56-60H2,1-6H3,(H-,65,67,69,70)/p+1/b13-10-,22-19-,23-20-,30-28-,31-29-,35-33-,39-37-,41-38-,48-45-,50-47-,55-52+. The summed E-state index contributed by atoms with van der Waals surface area (Å²) in [6.45, 7) is 6.74. The first-order valence-electron chi connectivity index (χ1n) is 29.0. The van der Waals surface area contributed by atoms with Gasteiger partial charge < -0.3 is 19.4 Å². The molecule has 0 bridgehead atoms. The number of unbranched alkanes of at least 4 members (excludes halogenated alkanes) is 14. The maximum Gasteiger partial charge on any atom is 0.472 e. The van der Waals surface area contributed by atoms with Gasteiger partial charge in [-0.2, -0.15) is 0 Å². The molecule has 0 aliphatic heterocycles. The molecule has 0 aromatic carbocycles. The molecule has 0 aliphatic carbocycles. The quantitative estimate of drug-likeness (QED) is 0.0205. The van der Waals surface area contributed by atoms with Crippen LogP contribution in [0.15, 0.2) is 134 Å². The van der Waals surface area contributed by atoms with Crippen LogP contribution in [0.1, 0.15) is 207 Å². The first kappa shape index (κ1) is 70.1. The van der Waals surface area contributed by atoms with Gasteiger partial charge in [-0.15, -0.1) is 0 Å². The van der Waals surface area contributed by atoms with Crippen molar-refractivity contribution in [3.63, 3.8) is 0 Å². The fraction of sp³-hybridized carbons (Fsp3) is 0.625. The maximum absolute atomic E-state index is 13.5. The lowest BCUT2D eigenvalue weighted by atomic mass is 10.1. The Morgan fingerprint density at radius 2 is 0.878 bits per heavy atom. The Kier molecular flexibility index (Phi) is 49.8. The summed E-state index contributed by atoms with van der Waals surface area (Å²) in [4.78, 5) is 37.5. The smallest absolute Gasteiger partial charge is 0.456 e. The lowest BCUT2D eigenvalue weighted by molar-refractivity contribution is -0.870. The van der Waals surface area contributed by atoms with E-state index < -0.39 is 25.9 Å². The number of phosphoric acid groups is 1. The van der Waals surface area contributed by atoms with Gasteiger partial charge in [-0.1, -0.05) is 219 Å². The fourth-order valence-electron chi connectivity index (χ4n) is 7.36. The largest absolute Gasteiger partial charge is 0.472 e. The van der Waals surface area contributed by atoms with Gasteiger partial charge in [0.1, 0.15) is 19.3 Å². The van der Waals surface area contributed by atoms with Gasteiger partial charge in [-0.05, 0) is 109 Å². The SMILES string of the molecule is CC/C=C\C/C=C\C/C=C\C/C=C\C/C=C\C/C=C\CCC(=O)NC(COP(=O)(O)OCC[N+](C)(C)C)C(/C=C/CCCCCCCCCCCC)OC(=O)CCC/C=C\C/C=C\C/C=C\C/C=C\CCCCC. The van der Waals surface area contributed by atoms with Crippen molar-refractivity contribution >= 4 is 19.7 Å². The third kappa shape index (κ3) is 53.0. The number of ether oxygens (including phenoxy) is 1. The summed E-state index contributed by atoms with van der Waals surface area (Å²) < 4.78 is 30.5. The van der Waals surface area contributed by atoms with Crippen LogP contribution in [-0.4, -0.2) is 74.3 Å². The van der Waals surface area contributed by atoms with Crippen LogP contribution in [0.25, 0.3) is 0 Å². The normalized spacial score (nSPS) is 14.7. The number of carbonyl (C=O) groups excluding carboxylic acids is 2. The molecule has 1 amide bonds. The monoisotopic (exact) mass is 1050 g/mol. The second-order valence-corrected chi connectivity index (χ2v) is 21.5. The van der Waals surface area contributed by atoms with E-state index in [9.17, 15) is 19.0 Å². The molecular weight excluding hydrogens is 940 g/mol. The highest BCUT2D eigenvalue weighted by Crippen LogP contribution is 2.43. The zero-order valence-corrected chi connectivity index (χ0v) is 48.7. The van der Waals surface area contributed by atoms with Gasteiger partial charge >= 0.3 is 13.8 Å². The first-order valence-corrected chi connectivity index (χ1v) is 30.5. The van der Waals surface area contributed by atoms with Gasteiger partial charge in [0, 0.05) is 12.8 Å². The van der Waals surface area contributed by atoms with Gasteiger partial charge in [-0.25, -0.2) is 4.57 Å². The highest BCUT2D eigenvalue weighted by atomic mass is 31.2. The predicted molar refractivity (Wildman–Crippen MR) is 318 cm³/mol. The molecule has 0 rings (SSSR count). The molecule has 74 heavy (non-hydrogen) atoms. The minimum absolute atomic E-state index is 0.0108. The molecule has 3 atom stereocenters. The average Bonchev–Trinajstić information content (AvgIpc) is 3.36. The molecule has 10 heteroatoms. The van der Waals surface area contributed by atoms with Crippen LogP contribution in [-0.2, 0) is 27.9 Å². The molecule has 0 aliphatic rings. The van der Waals surface area contributed by atoms with Crippen LogP contribution in [0.4, 0.5) is 0 Å². The molecule has 0 aromatic heterocycles. The Bertz CT molecular complexity index is 1730. The van der Waals surface area contributed by atoms with Gasteiger partial charge in [0.25, 0.3) is 0 Å². The zero-order chi connectivity index (χ0) is 54.3. The molecule has 0 saturated heterocycles. The third-order valence-electron chi connectivity index (χ3n) is 11.8. The number of hydrogen-bond acceptors (Lipinski definition) is 6. The molecule has 9 nitrogen and oxygen atoms in total. The van der Waals surface area contributed by atoms with Crippen molar-refractivity contribution in [1.82, 2.24) is 5.32 Å². The summed E-state index contributed by atoms with van der Waals surface area (Å²) in [5, 5.41) is 2.98. The van der Waals surface area contributed by atoms with Crippen LogP contribution < -0.4 is 5.32 Å². The number of quaternary nitrogens is 1. The Hall–Kier alpha value is -3.85. The van der Waals surface area contributed by atoms with E-state index in [1.807, 2.05) is 39.4 Å². The van der Waals surface area contributed by atoms with Crippen molar-refractivity contribution in [3.8, 4) is 0 Å². The van der Waals surface area contributed by atoms with Crippen LogP contribution >= 0.6 is 7.82 Å². The van der Waals surface area contributed by atoms with E-state index in [0.717, 1.165) is 83.5 Å². The first-order chi connectivity index (χ1) is 35.9. The van der Waals surface area contributed by atoms with Crippen molar-refractivity contribution in [2.75, 3.05) is 40.9 Å². The summed E-state index contributed by atoms with van der Waals surface area (Å²) in [5.74, 6) is -0.681. The number of amides is 1. The van der Waals surface area contributed by atoms with E-state index in [0.29, 0.717) is 23.9 Å². The van der Waals surface area contributed by atoms with Crippen LogP contribution in [0.3, 0.4) is 0 Å². The van der Waals surface area contributed by atoms with Crippen LogP contribution in [0, 0.1) is 0 Å². The maximum atomic E-state index is 13.5. The second kappa shape index (κ2) is 52.6. The Balaban J connectivity index is 5.56. The van der Waals surface area contributed by atoms with Crippen molar-refractivity contribution in [2.45, 2.75) is 219 Å². The zero-order valence-electron chi connectivity index (χ0n) is 47.8. The molecule has 2 N–H and O–H groups in total. The summed E-state index contributed by atoms with van der Waals surface area (Å²) >= 11 is 0. The van der Waals surface area contributed by atoms with Gasteiger partial charge in [0.2, 0.25) is 5.91 Å². The molecule has 3 unspecified atom stereocenters. The lowest BCUT2D eigenvalue weighted by Gasteiger charge is -2.27. The van der Waals surface area contributed by atoms with Crippen LogP contribution in [0.5, 0.6) is 0 Å². The summed E-state index contributed by atoms with van der Waals surface area (Å²) in [6.07, 6.45) is 74.7. The highest BCUT2D eigenvalue weighted by Gasteiger charge is 2.30. The minimum Gasteiger partial charge on any atom is -0.456 e. The number of phosphoric ester groups is 1. The Labute approximate surface area is 454 Å². The minimum atomic E-state index is -4.49. The van der Waals surface area contributed by atoms with Crippen molar-refractivity contribution < 1.29 is 37.3 Å². The van der Waals surface area contributed by atoms with E-state index in [1.54, 1.807) is 6.08 Å². The molecule has 0 heterocycles. The van der Waals surface area contributed by atoms with E-state index in [-0.39, 0.29) is 32.0 Å². The Morgan fingerprint density at radius 3 is 1.35 bits per heavy atom. The molecular formula is C64H108N2O7P+. The topological polar surface area (TPSA) is 111 Å². The molecule has 0 radical (unpaired) electrons. The van der Waals surface area contributed by atoms with Gasteiger partial charge in [0.05, 0.1) is 33.8 Å². The van der Waals surface area contributed by atoms with Crippen molar-refractivity contribution in [2.24, 2.45) is 0 Å². The number of likely N-dealkylation sites (N-methyl/N-ethyl adjacent to an activating group) is 1. The number of allylic oxidation sites excluding steroid dienone is 21. The third-order valence-corrected chi connectivity index (χ3v) is 12.8. The van der Waals surface area contributed by atoms with E-state index >= 15 is 0 Å². The highest BCUT2D eigenvalue weighted by molar-refractivity contribution is 7.47. The second-order valence-electron chi connectivity index (χ2n) is 20.1. The van der Waals surface area contributed by atoms with Gasteiger partial charge in [-0.3, -0.25) is 18.6 Å². The predicted octanol–water partition coefficient (Wildman–Crippen LogP) is 17.7. The molecule has 0 aromatic rings. The number of nitrogens with one attached hydrogen (secondary N) is 1. The summed E-state index contributed by atoms with van der Waals surface area (Å²) in [5.41, 5.74) is 0.